The van der Waals surface area contributed by atoms with Crippen LogP contribution in [0.4, 0.5) is 23.1 Å². The van der Waals surface area contributed by atoms with Gasteiger partial charge < -0.3 is 37.2 Å². The summed E-state index contributed by atoms with van der Waals surface area (Å²) in [5.74, 6) is -2.53. The summed E-state index contributed by atoms with van der Waals surface area (Å²) >= 11 is 0. The molecule has 13 heteroatoms. The number of carbonyl (C=O) groups excluding carboxylic acids is 1. The molecule has 0 saturated carbocycles. The number of amides is 1. The SMILES string of the molecule is Cn1c(N)nc2c(c1=O)NC(CNc1ccc(C(=O)N[C@@H](CCC(=O)O)C(=O)O)cc1)CN2. The molecule has 3 rings (SSSR count). The van der Waals surface area contributed by atoms with Gasteiger partial charge >= 0.3 is 11.9 Å². The van der Waals surface area contributed by atoms with Crippen LogP contribution in [-0.2, 0) is 16.6 Å². The third-order valence-electron chi connectivity index (χ3n) is 5.14. The minimum absolute atomic E-state index is 0.116. The van der Waals surface area contributed by atoms with Gasteiger partial charge in [0, 0.05) is 37.8 Å². The smallest absolute Gasteiger partial charge is 0.326 e. The number of fused-ring (bicyclic) bond motifs is 1. The molecule has 2 aromatic rings. The van der Waals surface area contributed by atoms with Crippen molar-refractivity contribution < 1.29 is 24.6 Å². The van der Waals surface area contributed by atoms with Crippen molar-refractivity contribution in [3.05, 3.63) is 40.2 Å². The lowest BCUT2D eigenvalue weighted by Crippen LogP contribution is -2.42. The van der Waals surface area contributed by atoms with E-state index in [2.05, 4.69) is 26.3 Å². The maximum Gasteiger partial charge on any atom is 0.326 e. The van der Waals surface area contributed by atoms with Gasteiger partial charge in [-0.05, 0) is 30.7 Å². The predicted octanol–water partition coefficient (Wildman–Crippen LogP) is -0.272. The third-order valence-corrected chi connectivity index (χ3v) is 5.14. The molecular weight excluding hydrogens is 434 g/mol. The summed E-state index contributed by atoms with van der Waals surface area (Å²) in [5.41, 5.74) is 6.71. The fourth-order valence-electron chi connectivity index (χ4n) is 3.22. The molecule has 176 valence electrons. The largest absolute Gasteiger partial charge is 0.481 e. The highest BCUT2D eigenvalue weighted by molar-refractivity contribution is 5.96. The Morgan fingerprint density at radius 3 is 2.61 bits per heavy atom. The highest BCUT2D eigenvalue weighted by Gasteiger charge is 2.23. The van der Waals surface area contributed by atoms with Crippen LogP contribution in [0.5, 0.6) is 0 Å². The standard InChI is InChI=1S/C20H25N7O6/c1-27-18(31)15-16(26-20(27)21)23-9-12(24-15)8-22-11-4-2-10(3-5-11)17(30)25-13(19(32)33)6-7-14(28)29/h2-5,12-13,22-24H,6-9H2,1H3,(H2,21,26)(H,25,30)(H,28,29)(H,32,33)/t12?,13-/m0/s1. The van der Waals surface area contributed by atoms with Crippen LogP contribution in [0.3, 0.4) is 0 Å². The summed E-state index contributed by atoms with van der Waals surface area (Å²) < 4.78 is 1.25. The summed E-state index contributed by atoms with van der Waals surface area (Å²) in [6, 6.07) is 4.96. The Kier molecular flexibility index (Phi) is 7.00. The quantitative estimate of drug-likeness (QED) is 0.260. The number of nitrogens with zero attached hydrogens (tertiary/aromatic N) is 2. The first-order valence-electron chi connectivity index (χ1n) is 10.1. The van der Waals surface area contributed by atoms with Crippen molar-refractivity contribution in [2.24, 2.45) is 7.05 Å². The van der Waals surface area contributed by atoms with E-state index in [-0.39, 0.29) is 36.0 Å². The Hall–Kier alpha value is -4.29. The lowest BCUT2D eigenvalue weighted by molar-refractivity contribution is -0.140. The van der Waals surface area contributed by atoms with Crippen molar-refractivity contribution in [2.45, 2.75) is 24.9 Å². The van der Waals surface area contributed by atoms with Gasteiger partial charge in [0.05, 0.1) is 6.04 Å². The van der Waals surface area contributed by atoms with Gasteiger partial charge in [-0.25, -0.2) is 4.79 Å². The van der Waals surface area contributed by atoms with Gasteiger partial charge in [-0.15, -0.1) is 0 Å². The number of aliphatic carboxylic acids is 2. The first kappa shape index (κ1) is 23.4. The molecule has 1 aromatic carbocycles. The van der Waals surface area contributed by atoms with Crippen molar-refractivity contribution in [3.63, 3.8) is 0 Å². The van der Waals surface area contributed by atoms with Crippen molar-refractivity contribution in [1.29, 1.82) is 0 Å². The van der Waals surface area contributed by atoms with E-state index in [0.717, 1.165) is 0 Å². The zero-order valence-electron chi connectivity index (χ0n) is 17.8. The average molecular weight is 459 g/mol. The van der Waals surface area contributed by atoms with Crippen molar-refractivity contribution in [1.82, 2.24) is 14.9 Å². The number of nitrogens with two attached hydrogens (primary N) is 1. The van der Waals surface area contributed by atoms with Gasteiger partial charge in [-0.2, -0.15) is 4.98 Å². The highest BCUT2D eigenvalue weighted by Crippen LogP contribution is 2.21. The van der Waals surface area contributed by atoms with Crippen LogP contribution in [0.15, 0.2) is 29.1 Å². The number of aromatic nitrogens is 2. The van der Waals surface area contributed by atoms with E-state index < -0.39 is 23.9 Å². The monoisotopic (exact) mass is 459 g/mol. The number of nitrogen functional groups attached to an aromatic ring is 1. The molecule has 1 aliphatic heterocycles. The number of rotatable bonds is 9. The molecule has 13 nitrogen and oxygen atoms in total. The maximum absolute atomic E-state index is 12.4. The number of carboxylic acid groups (broad SMARTS) is 2. The van der Waals surface area contributed by atoms with E-state index >= 15 is 0 Å². The van der Waals surface area contributed by atoms with Crippen LogP contribution in [0.1, 0.15) is 23.2 Å². The number of carboxylic acids is 2. The maximum atomic E-state index is 12.4. The van der Waals surface area contributed by atoms with Gasteiger partial charge in [-0.1, -0.05) is 0 Å². The van der Waals surface area contributed by atoms with Gasteiger partial charge in [0.25, 0.3) is 11.5 Å². The second kappa shape index (κ2) is 9.89. The molecule has 0 aliphatic carbocycles. The zero-order chi connectivity index (χ0) is 24.1. The normalized spacial score (nSPS) is 15.4. The number of anilines is 4. The molecular formula is C20H25N7O6. The van der Waals surface area contributed by atoms with E-state index in [1.807, 2.05) is 0 Å². The van der Waals surface area contributed by atoms with Gasteiger partial charge in [0.1, 0.15) is 11.7 Å². The molecule has 0 bridgehead atoms. The van der Waals surface area contributed by atoms with Crippen LogP contribution in [0.2, 0.25) is 0 Å². The Bertz CT molecular complexity index is 1120. The predicted molar refractivity (Wildman–Crippen MR) is 120 cm³/mol. The minimum atomic E-state index is -1.30. The molecule has 2 atom stereocenters. The van der Waals surface area contributed by atoms with Crippen LogP contribution in [0, 0.1) is 0 Å². The Morgan fingerprint density at radius 1 is 1.27 bits per heavy atom. The van der Waals surface area contributed by atoms with E-state index in [1.165, 1.54) is 23.7 Å². The molecule has 2 heterocycles. The first-order valence-corrected chi connectivity index (χ1v) is 10.1. The van der Waals surface area contributed by atoms with Crippen LogP contribution >= 0.6 is 0 Å². The van der Waals surface area contributed by atoms with E-state index in [4.69, 9.17) is 15.9 Å². The fourth-order valence-corrected chi connectivity index (χ4v) is 3.22. The lowest BCUT2D eigenvalue weighted by atomic mass is 10.1. The van der Waals surface area contributed by atoms with Gasteiger partial charge in [0.2, 0.25) is 5.95 Å². The molecule has 0 saturated heterocycles. The van der Waals surface area contributed by atoms with Crippen LogP contribution in [-0.4, -0.2) is 62.8 Å². The minimum Gasteiger partial charge on any atom is -0.481 e. The first-order chi connectivity index (χ1) is 15.7. The molecule has 33 heavy (non-hydrogen) atoms. The Balaban J connectivity index is 1.56. The molecule has 1 aliphatic rings. The second-order valence-electron chi connectivity index (χ2n) is 7.53. The van der Waals surface area contributed by atoms with E-state index in [0.29, 0.717) is 30.3 Å². The van der Waals surface area contributed by atoms with Gasteiger partial charge in [-0.3, -0.25) is 19.0 Å². The molecule has 0 fully saturated rings. The van der Waals surface area contributed by atoms with Gasteiger partial charge in [0.15, 0.2) is 5.82 Å². The number of hydrogen-bond donors (Lipinski definition) is 7. The fraction of sp³-hybridized carbons (Fsp3) is 0.350. The summed E-state index contributed by atoms with van der Waals surface area (Å²) in [4.78, 5) is 50.7. The number of benzene rings is 1. The van der Waals surface area contributed by atoms with E-state index in [9.17, 15) is 19.2 Å². The number of hydrogen-bond acceptors (Lipinski definition) is 9. The molecule has 0 radical (unpaired) electrons. The molecule has 8 N–H and O–H groups in total. The zero-order valence-corrected chi connectivity index (χ0v) is 17.8. The Labute approximate surface area is 188 Å². The highest BCUT2D eigenvalue weighted by atomic mass is 16.4. The molecule has 1 aromatic heterocycles. The van der Waals surface area contributed by atoms with Crippen molar-refractivity contribution >= 4 is 41.0 Å². The molecule has 1 unspecified atom stereocenters. The average Bonchev–Trinajstić information content (AvgIpc) is 2.79. The van der Waals surface area contributed by atoms with Crippen molar-refractivity contribution in [2.75, 3.05) is 34.8 Å². The summed E-state index contributed by atoms with van der Waals surface area (Å²) in [6.45, 7) is 0.967. The number of nitrogens with one attached hydrogen (secondary N) is 4. The third kappa shape index (κ3) is 5.70. The van der Waals surface area contributed by atoms with E-state index in [1.54, 1.807) is 12.1 Å². The lowest BCUT2D eigenvalue weighted by Gasteiger charge is -2.28. The van der Waals surface area contributed by atoms with Crippen LogP contribution in [0.25, 0.3) is 0 Å². The molecule has 1 amide bonds. The van der Waals surface area contributed by atoms with Crippen LogP contribution < -0.4 is 32.6 Å². The van der Waals surface area contributed by atoms with Crippen molar-refractivity contribution in [3.8, 4) is 0 Å². The summed E-state index contributed by atoms with van der Waals surface area (Å²) in [6.07, 6.45) is -0.586. The second-order valence-corrected chi connectivity index (χ2v) is 7.53. The number of carbonyl (C=O) groups is 3. The summed E-state index contributed by atoms with van der Waals surface area (Å²) in [5, 5.41) is 29.6. The Morgan fingerprint density at radius 2 is 1.97 bits per heavy atom. The molecule has 0 spiro atoms. The summed E-state index contributed by atoms with van der Waals surface area (Å²) in [7, 11) is 1.54. The topological polar surface area (TPSA) is 201 Å².